The minimum absolute atomic E-state index is 0.209. The lowest BCUT2D eigenvalue weighted by Gasteiger charge is -2.06. The van der Waals surface area contributed by atoms with Crippen LogP contribution in [0.2, 0.25) is 0 Å². The number of terminal acetylenes is 1. The van der Waals surface area contributed by atoms with Crippen molar-refractivity contribution in [1.82, 2.24) is 20.3 Å². The van der Waals surface area contributed by atoms with Crippen molar-refractivity contribution in [2.24, 2.45) is 0 Å². The monoisotopic (exact) mass is 333 g/mol. The van der Waals surface area contributed by atoms with Crippen LogP contribution in [0, 0.1) is 12.3 Å². The van der Waals surface area contributed by atoms with Gasteiger partial charge in [0.2, 0.25) is 0 Å². The molecule has 3 aromatic rings. The van der Waals surface area contributed by atoms with E-state index in [9.17, 15) is 4.79 Å². The fourth-order valence-corrected chi connectivity index (χ4v) is 2.46. The summed E-state index contributed by atoms with van der Waals surface area (Å²) in [6, 6.07) is 11.5. The Morgan fingerprint density at radius 3 is 2.88 bits per heavy atom. The van der Waals surface area contributed by atoms with Crippen molar-refractivity contribution < 1.29 is 4.79 Å². The van der Waals surface area contributed by atoms with Crippen LogP contribution in [0.1, 0.15) is 22.6 Å². The Kier molecular flexibility index (Phi) is 5.27. The topological polar surface area (TPSA) is 82.7 Å². The fourth-order valence-electron chi connectivity index (χ4n) is 2.46. The van der Waals surface area contributed by atoms with Crippen molar-refractivity contribution in [2.75, 3.05) is 18.4 Å². The van der Waals surface area contributed by atoms with Gasteiger partial charge in [-0.15, -0.1) is 6.42 Å². The van der Waals surface area contributed by atoms with Gasteiger partial charge in [0.05, 0.1) is 23.1 Å². The van der Waals surface area contributed by atoms with Crippen molar-refractivity contribution in [3.8, 4) is 12.3 Å². The molecule has 3 rings (SSSR count). The number of aromatic amines is 1. The van der Waals surface area contributed by atoms with Crippen molar-refractivity contribution in [1.29, 1.82) is 0 Å². The van der Waals surface area contributed by atoms with Crippen LogP contribution in [0.15, 0.2) is 42.6 Å². The number of hydrogen-bond acceptors (Lipinski definition) is 4. The molecule has 2 heterocycles. The van der Waals surface area contributed by atoms with E-state index >= 15 is 0 Å². The third-order valence-corrected chi connectivity index (χ3v) is 3.71. The van der Waals surface area contributed by atoms with E-state index in [1.807, 2.05) is 24.3 Å². The van der Waals surface area contributed by atoms with E-state index in [1.54, 1.807) is 12.1 Å². The van der Waals surface area contributed by atoms with Crippen LogP contribution < -0.4 is 10.6 Å². The summed E-state index contributed by atoms with van der Waals surface area (Å²) < 4.78 is 0. The number of aryl methyl sites for hydroxylation is 1. The van der Waals surface area contributed by atoms with E-state index in [4.69, 9.17) is 6.42 Å². The molecule has 0 saturated carbocycles. The number of aromatic nitrogens is 3. The Morgan fingerprint density at radius 2 is 2.12 bits per heavy atom. The molecule has 1 amide bonds. The highest BCUT2D eigenvalue weighted by atomic mass is 16.1. The maximum atomic E-state index is 11.7. The molecule has 2 aromatic heterocycles. The molecule has 6 heteroatoms. The Bertz CT molecular complexity index is 859. The molecule has 0 spiro atoms. The largest absolute Gasteiger partial charge is 0.370 e. The lowest BCUT2D eigenvalue weighted by atomic mass is 10.2. The number of hydrogen-bond donors (Lipinski definition) is 3. The minimum atomic E-state index is -0.220. The lowest BCUT2D eigenvalue weighted by molar-refractivity contribution is 0.0958. The molecule has 0 aliphatic rings. The van der Waals surface area contributed by atoms with Gasteiger partial charge in [-0.05, 0) is 30.7 Å². The average Bonchev–Trinajstić information content (AvgIpc) is 3.06. The van der Waals surface area contributed by atoms with Crippen LogP contribution in [0.3, 0.4) is 0 Å². The molecule has 0 aliphatic carbocycles. The zero-order chi connectivity index (χ0) is 17.5. The van der Waals surface area contributed by atoms with Crippen molar-refractivity contribution in [3.63, 3.8) is 0 Å². The van der Waals surface area contributed by atoms with Crippen molar-refractivity contribution in [2.45, 2.75) is 12.8 Å². The minimum Gasteiger partial charge on any atom is -0.370 e. The van der Waals surface area contributed by atoms with Gasteiger partial charge in [0, 0.05) is 19.2 Å². The number of anilines is 1. The number of para-hydroxylation sites is 2. The molecular formula is C19H19N5O. The number of amides is 1. The standard InChI is InChI=1S/C19H19N5O/c1-2-11-21-19(25)14-9-10-17(22-13-14)20-12-5-8-18-23-15-6-3-4-7-16(15)24-18/h1,3-4,6-7,9-10,13H,5,8,11-12H2,(H,20,22)(H,21,25)(H,23,24). The zero-order valence-electron chi connectivity index (χ0n) is 13.7. The number of fused-ring (bicyclic) bond motifs is 1. The first-order valence-electron chi connectivity index (χ1n) is 8.11. The Balaban J connectivity index is 1.45. The van der Waals surface area contributed by atoms with Gasteiger partial charge < -0.3 is 15.6 Å². The fraction of sp³-hybridized carbons (Fsp3) is 0.211. The first-order chi connectivity index (χ1) is 12.3. The van der Waals surface area contributed by atoms with Gasteiger partial charge in [-0.3, -0.25) is 4.79 Å². The second kappa shape index (κ2) is 7.97. The van der Waals surface area contributed by atoms with Gasteiger partial charge >= 0.3 is 0 Å². The predicted octanol–water partition coefficient (Wildman–Crippen LogP) is 2.37. The number of rotatable bonds is 7. The first kappa shape index (κ1) is 16.5. The Hall–Kier alpha value is -3.33. The summed E-state index contributed by atoms with van der Waals surface area (Å²) in [7, 11) is 0. The molecule has 0 saturated heterocycles. The summed E-state index contributed by atoms with van der Waals surface area (Å²) in [4.78, 5) is 23.8. The van der Waals surface area contributed by atoms with E-state index in [-0.39, 0.29) is 12.5 Å². The second-order valence-electron chi connectivity index (χ2n) is 5.55. The van der Waals surface area contributed by atoms with E-state index in [2.05, 4.69) is 31.5 Å². The van der Waals surface area contributed by atoms with E-state index in [0.29, 0.717) is 5.56 Å². The zero-order valence-corrected chi connectivity index (χ0v) is 13.7. The van der Waals surface area contributed by atoms with Crippen LogP contribution in [0.4, 0.5) is 5.82 Å². The molecular weight excluding hydrogens is 314 g/mol. The van der Waals surface area contributed by atoms with E-state index < -0.39 is 0 Å². The number of nitrogens with one attached hydrogen (secondary N) is 3. The molecule has 0 radical (unpaired) electrons. The highest BCUT2D eigenvalue weighted by Gasteiger charge is 2.05. The van der Waals surface area contributed by atoms with Crippen molar-refractivity contribution in [3.05, 3.63) is 54.0 Å². The summed E-state index contributed by atoms with van der Waals surface area (Å²) in [5.41, 5.74) is 2.54. The summed E-state index contributed by atoms with van der Waals surface area (Å²) in [5.74, 6) is 3.86. The molecule has 1 aromatic carbocycles. The maximum Gasteiger partial charge on any atom is 0.253 e. The van der Waals surface area contributed by atoms with Gasteiger partial charge in [-0.2, -0.15) is 0 Å². The van der Waals surface area contributed by atoms with Crippen LogP contribution >= 0.6 is 0 Å². The average molecular weight is 333 g/mol. The second-order valence-corrected chi connectivity index (χ2v) is 5.55. The number of H-pyrrole nitrogens is 1. The maximum absolute atomic E-state index is 11.7. The van der Waals surface area contributed by atoms with Gasteiger partial charge in [0.15, 0.2) is 0 Å². The number of carbonyl (C=O) groups is 1. The first-order valence-corrected chi connectivity index (χ1v) is 8.11. The SMILES string of the molecule is C#CCNC(=O)c1ccc(NCCCc2nc3ccccc3[nH]2)nc1. The molecule has 0 atom stereocenters. The highest BCUT2D eigenvalue weighted by molar-refractivity contribution is 5.94. The normalized spacial score (nSPS) is 10.4. The third kappa shape index (κ3) is 4.36. The Labute approximate surface area is 146 Å². The summed E-state index contributed by atoms with van der Waals surface area (Å²) in [6.07, 6.45) is 8.43. The van der Waals surface area contributed by atoms with Crippen molar-refractivity contribution >= 4 is 22.8 Å². The lowest BCUT2D eigenvalue weighted by Crippen LogP contribution is -2.23. The molecule has 0 aliphatic heterocycles. The quantitative estimate of drug-likeness (QED) is 0.458. The van der Waals surface area contributed by atoms with Crippen LogP contribution in [0.25, 0.3) is 11.0 Å². The summed E-state index contributed by atoms with van der Waals surface area (Å²) in [5, 5.41) is 5.84. The van der Waals surface area contributed by atoms with Gasteiger partial charge in [0.1, 0.15) is 11.6 Å². The smallest absolute Gasteiger partial charge is 0.253 e. The summed E-state index contributed by atoms with van der Waals surface area (Å²) in [6.45, 7) is 0.979. The Morgan fingerprint density at radius 1 is 1.24 bits per heavy atom. The predicted molar refractivity (Wildman–Crippen MR) is 98.3 cm³/mol. The molecule has 3 N–H and O–H groups in total. The molecule has 25 heavy (non-hydrogen) atoms. The van der Waals surface area contributed by atoms with Crippen LogP contribution in [-0.4, -0.2) is 33.9 Å². The summed E-state index contributed by atoms with van der Waals surface area (Å²) >= 11 is 0. The highest BCUT2D eigenvalue weighted by Crippen LogP contribution is 2.11. The number of pyridine rings is 1. The number of carbonyl (C=O) groups excluding carboxylic acids is 1. The van der Waals surface area contributed by atoms with E-state index in [1.165, 1.54) is 6.20 Å². The molecule has 126 valence electrons. The molecule has 0 fully saturated rings. The van der Waals surface area contributed by atoms with Crippen LogP contribution in [-0.2, 0) is 6.42 Å². The molecule has 0 unspecified atom stereocenters. The number of nitrogens with zero attached hydrogens (tertiary/aromatic N) is 2. The third-order valence-electron chi connectivity index (χ3n) is 3.71. The molecule has 6 nitrogen and oxygen atoms in total. The number of benzene rings is 1. The van der Waals surface area contributed by atoms with Gasteiger partial charge in [0.25, 0.3) is 5.91 Å². The van der Waals surface area contributed by atoms with E-state index in [0.717, 1.165) is 42.1 Å². The van der Waals surface area contributed by atoms with Gasteiger partial charge in [-0.1, -0.05) is 18.1 Å². The number of imidazole rings is 1. The molecule has 0 bridgehead atoms. The van der Waals surface area contributed by atoms with Gasteiger partial charge in [-0.25, -0.2) is 9.97 Å². The van der Waals surface area contributed by atoms with Crippen LogP contribution in [0.5, 0.6) is 0 Å².